The molecule has 30 heavy (non-hydrogen) atoms. The summed E-state index contributed by atoms with van der Waals surface area (Å²) in [4.78, 5) is 16.4. The molecule has 152 valence electrons. The van der Waals surface area contributed by atoms with Crippen molar-refractivity contribution in [2.45, 2.75) is 26.9 Å². The molecule has 0 saturated heterocycles. The molecule has 0 spiro atoms. The van der Waals surface area contributed by atoms with Crippen LogP contribution >= 0.6 is 0 Å². The van der Waals surface area contributed by atoms with E-state index < -0.39 is 0 Å². The lowest BCUT2D eigenvalue weighted by atomic mass is 10.1. The fourth-order valence-corrected chi connectivity index (χ4v) is 3.35. The molecule has 5 heteroatoms. The Morgan fingerprint density at radius 2 is 1.60 bits per heavy atom. The Kier molecular flexibility index (Phi) is 5.53. The Labute approximate surface area is 175 Å². The lowest BCUT2D eigenvalue weighted by molar-refractivity contribution is 0.0526. The monoisotopic (exact) mass is 400 g/mol. The molecule has 0 amide bonds. The van der Waals surface area contributed by atoms with E-state index >= 15 is 0 Å². The van der Waals surface area contributed by atoms with Crippen LogP contribution in [0.4, 0.5) is 0 Å². The van der Waals surface area contributed by atoms with E-state index in [0.29, 0.717) is 12.2 Å². The van der Waals surface area contributed by atoms with Gasteiger partial charge in [-0.05, 0) is 68.3 Å². The van der Waals surface area contributed by atoms with E-state index in [0.717, 1.165) is 33.8 Å². The summed E-state index contributed by atoms with van der Waals surface area (Å²) in [5, 5.41) is 0. The van der Waals surface area contributed by atoms with Gasteiger partial charge in [0, 0.05) is 11.8 Å². The summed E-state index contributed by atoms with van der Waals surface area (Å²) < 4.78 is 12.9. The zero-order chi connectivity index (χ0) is 21.1. The lowest BCUT2D eigenvalue weighted by Crippen LogP contribution is -2.05. The maximum atomic E-state index is 11.9. The van der Waals surface area contributed by atoms with Crippen LogP contribution in [0.2, 0.25) is 0 Å². The maximum Gasteiger partial charge on any atom is 0.338 e. The number of nitrogens with zero attached hydrogens (tertiary/aromatic N) is 2. The number of pyridine rings is 1. The molecule has 0 N–H and O–H groups in total. The number of hydrogen-bond donors (Lipinski definition) is 0. The van der Waals surface area contributed by atoms with Gasteiger partial charge in [0.25, 0.3) is 0 Å². The number of benzene rings is 2. The van der Waals surface area contributed by atoms with Gasteiger partial charge in [0.2, 0.25) is 0 Å². The summed E-state index contributed by atoms with van der Waals surface area (Å²) in [5.41, 5.74) is 5.53. The van der Waals surface area contributed by atoms with Crippen molar-refractivity contribution in [3.05, 3.63) is 78.6 Å². The van der Waals surface area contributed by atoms with Crippen LogP contribution < -0.4 is 4.74 Å². The minimum atomic E-state index is -0.311. The number of ether oxygens (including phenoxy) is 2. The molecular weight excluding hydrogens is 376 g/mol. The maximum absolute atomic E-state index is 11.9. The van der Waals surface area contributed by atoms with E-state index in [9.17, 15) is 4.79 Å². The van der Waals surface area contributed by atoms with Crippen molar-refractivity contribution in [2.75, 3.05) is 6.61 Å². The Morgan fingerprint density at radius 1 is 0.933 bits per heavy atom. The van der Waals surface area contributed by atoms with Crippen molar-refractivity contribution in [2.24, 2.45) is 0 Å². The van der Waals surface area contributed by atoms with Crippen LogP contribution in [0.5, 0.6) is 5.75 Å². The van der Waals surface area contributed by atoms with Crippen LogP contribution in [0, 0.1) is 0 Å². The molecule has 0 unspecified atom stereocenters. The van der Waals surface area contributed by atoms with Crippen molar-refractivity contribution < 1.29 is 14.3 Å². The first-order valence-corrected chi connectivity index (χ1v) is 10.1. The minimum absolute atomic E-state index is 0.149. The van der Waals surface area contributed by atoms with Gasteiger partial charge in [0.15, 0.2) is 0 Å². The lowest BCUT2D eigenvalue weighted by Gasteiger charge is -2.11. The van der Waals surface area contributed by atoms with Gasteiger partial charge in [0.1, 0.15) is 11.4 Å². The Bertz CT molecular complexity index is 1160. The normalized spacial score (nSPS) is 11.1. The Morgan fingerprint density at radius 3 is 2.27 bits per heavy atom. The summed E-state index contributed by atoms with van der Waals surface area (Å²) in [7, 11) is 0. The number of carbonyl (C=O) groups is 1. The predicted molar refractivity (Wildman–Crippen MR) is 118 cm³/mol. The van der Waals surface area contributed by atoms with E-state index in [1.54, 1.807) is 19.1 Å². The highest BCUT2D eigenvalue weighted by molar-refractivity contribution is 5.90. The van der Waals surface area contributed by atoms with Crippen molar-refractivity contribution in [3.63, 3.8) is 0 Å². The van der Waals surface area contributed by atoms with Gasteiger partial charge in [-0.15, -0.1) is 0 Å². The topological polar surface area (TPSA) is 52.8 Å². The van der Waals surface area contributed by atoms with E-state index in [-0.39, 0.29) is 12.1 Å². The highest BCUT2D eigenvalue weighted by Crippen LogP contribution is 2.27. The number of hydrogen-bond acceptors (Lipinski definition) is 4. The van der Waals surface area contributed by atoms with E-state index in [1.807, 2.05) is 50.4 Å². The summed E-state index contributed by atoms with van der Waals surface area (Å²) in [6.07, 6.45) is 4.07. The van der Waals surface area contributed by atoms with E-state index in [2.05, 4.69) is 33.8 Å². The number of rotatable bonds is 6. The number of esters is 1. The number of imidazole rings is 1. The molecule has 0 aliphatic heterocycles. The number of carbonyl (C=O) groups excluding carboxylic acids is 1. The average molecular weight is 400 g/mol. The summed E-state index contributed by atoms with van der Waals surface area (Å²) >= 11 is 0. The van der Waals surface area contributed by atoms with Crippen molar-refractivity contribution >= 4 is 11.6 Å². The van der Waals surface area contributed by atoms with Gasteiger partial charge >= 0.3 is 5.97 Å². The molecule has 4 aromatic rings. The molecule has 0 radical (unpaired) electrons. The van der Waals surface area contributed by atoms with Crippen LogP contribution in [-0.2, 0) is 4.74 Å². The van der Waals surface area contributed by atoms with Gasteiger partial charge in [0.05, 0.1) is 30.2 Å². The molecule has 0 fully saturated rings. The Hall–Kier alpha value is -3.60. The minimum Gasteiger partial charge on any atom is -0.491 e. The van der Waals surface area contributed by atoms with Crippen molar-refractivity contribution in [1.29, 1.82) is 0 Å². The van der Waals surface area contributed by atoms with Crippen molar-refractivity contribution in [1.82, 2.24) is 9.38 Å². The molecule has 5 nitrogen and oxygen atoms in total. The fraction of sp³-hybridized carbons (Fsp3) is 0.200. The van der Waals surface area contributed by atoms with E-state index in [4.69, 9.17) is 9.47 Å². The molecule has 0 bridgehead atoms. The first kappa shape index (κ1) is 19.7. The van der Waals surface area contributed by atoms with Gasteiger partial charge in [-0.25, -0.2) is 9.78 Å². The average Bonchev–Trinajstić information content (AvgIpc) is 3.17. The SMILES string of the molecule is CCOC(=O)c1ccc(-c2cnc3ccc(-c4ccc(OC(C)C)cc4)cn23)cc1. The molecule has 2 heterocycles. The largest absolute Gasteiger partial charge is 0.491 e. The van der Waals surface area contributed by atoms with E-state index in [1.165, 1.54) is 0 Å². The first-order chi connectivity index (χ1) is 14.5. The molecule has 0 saturated carbocycles. The van der Waals surface area contributed by atoms with Gasteiger partial charge in [-0.1, -0.05) is 24.3 Å². The highest BCUT2D eigenvalue weighted by Gasteiger charge is 2.10. The van der Waals surface area contributed by atoms with Crippen LogP contribution in [0.3, 0.4) is 0 Å². The highest BCUT2D eigenvalue weighted by atomic mass is 16.5. The van der Waals surface area contributed by atoms with Crippen LogP contribution in [0.1, 0.15) is 31.1 Å². The number of aromatic nitrogens is 2. The third kappa shape index (κ3) is 4.06. The third-order valence-electron chi connectivity index (χ3n) is 4.76. The van der Waals surface area contributed by atoms with Crippen molar-refractivity contribution in [3.8, 4) is 28.1 Å². The number of fused-ring (bicyclic) bond motifs is 1. The third-order valence-corrected chi connectivity index (χ3v) is 4.76. The second kappa shape index (κ2) is 8.41. The van der Waals surface area contributed by atoms with Gasteiger partial charge in [-0.2, -0.15) is 0 Å². The van der Waals surface area contributed by atoms with Gasteiger partial charge < -0.3 is 9.47 Å². The molecule has 0 aliphatic carbocycles. The van der Waals surface area contributed by atoms with Crippen LogP contribution in [0.15, 0.2) is 73.1 Å². The Balaban J connectivity index is 1.65. The standard InChI is InChI=1S/C25H24N2O3/c1-4-29-25(28)20-7-5-19(6-8-20)23-15-26-24-14-11-21(16-27(23)24)18-9-12-22(13-10-18)30-17(2)3/h5-17H,4H2,1-3H3. The first-order valence-electron chi connectivity index (χ1n) is 10.1. The zero-order valence-corrected chi connectivity index (χ0v) is 17.3. The van der Waals surface area contributed by atoms with Crippen LogP contribution in [0.25, 0.3) is 28.0 Å². The fourth-order valence-electron chi connectivity index (χ4n) is 3.35. The smallest absolute Gasteiger partial charge is 0.338 e. The molecule has 0 aliphatic rings. The molecular formula is C25H24N2O3. The molecule has 2 aromatic heterocycles. The second-order valence-electron chi connectivity index (χ2n) is 7.28. The second-order valence-corrected chi connectivity index (χ2v) is 7.28. The molecule has 2 aromatic carbocycles. The summed E-state index contributed by atoms with van der Waals surface area (Å²) in [5.74, 6) is 0.550. The summed E-state index contributed by atoms with van der Waals surface area (Å²) in [6.45, 7) is 6.19. The molecule has 0 atom stereocenters. The molecule has 4 rings (SSSR count). The quantitative estimate of drug-likeness (QED) is 0.394. The van der Waals surface area contributed by atoms with Crippen LogP contribution in [-0.4, -0.2) is 28.1 Å². The summed E-state index contributed by atoms with van der Waals surface area (Å²) in [6, 6.07) is 19.6. The zero-order valence-electron chi connectivity index (χ0n) is 17.3. The van der Waals surface area contributed by atoms with Gasteiger partial charge in [-0.3, -0.25) is 4.40 Å². The predicted octanol–water partition coefficient (Wildman–Crippen LogP) is 5.63.